The van der Waals surface area contributed by atoms with Gasteiger partial charge in [0.1, 0.15) is 0 Å². The van der Waals surface area contributed by atoms with Crippen LogP contribution in [0.3, 0.4) is 0 Å². The van der Waals surface area contributed by atoms with E-state index in [1.165, 1.54) is 17.6 Å². The summed E-state index contributed by atoms with van der Waals surface area (Å²) < 4.78 is 0. The van der Waals surface area contributed by atoms with E-state index in [9.17, 15) is 4.79 Å². The molecule has 2 unspecified atom stereocenters. The molecule has 1 aromatic heterocycles. The van der Waals surface area contributed by atoms with Crippen molar-refractivity contribution in [3.63, 3.8) is 0 Å². The summed E-state index contributed by atoms with van der Waals surface area (Å²) in [6, 6.07) is 9.00. The molecular weight excluding hydrogens is 278 g/mol. The first kappa shape index (κ1) is 13.6. The minimum Gasteiger partial charge on any atom is -0.348 e. The van der Waals surface area contributed by atoms with E-state index in [0.29, 0.717) is 17.8 Å². The molecule has 3 heterocycles. The summed E-state index contributed by atoms with van der Waals surface area (Å²) in [6.07, 6.45) is 4.54. The zero-order valence-electron chi connectivity index (χ0n) is 12.7. The zero-order valence-corrected chi connectivity index (χ0v) is 12.7. The van der Waals surface area contributed by atoms with Crippen molar-refractivity contribution in [2.45, 2.75) is 43.8 Å². The fourth-order valence-corrected chi connectivity index (χ4v) is 4.04. The van der Waals surface area contributed by atoms with E-state index in [0.717, 1.165) is 23.7 Å². The van der Waals surface area contributed by atoms with Crippen LogP contribution in [0.5, 0.6) is 0 Å². The van der Waals surface area contributed by atoms with Crippen LogP contribution in [0.2, 0.25) is 0 Å². The Morgan fingerprint density at radius 3 is 2.68 bits per heavy atom. The average molecular weight is 299 g/mol. The normalized spacial score (nSPS) is 28.1. The number of aromatic nitrogens is 2. The molecule has 2 fully saturated rings. The fraction of sp³-hybridized carbons (Fsp3) is 0.500. The molecule has 116 valence electrons. The molecule has 1 amide bonds. The van der Waals surface area contributed by atoms with Crippen LogP contribution in [-0.4, -0.2) is 45.9 Å². The molecule has 2 aromatic rings. The fourth-order valence-electron chi connectivity index (χ4n) is 4.04. The maximum absolute atomic E-state index is 12.6. The standard InChI is InChI=1S/C16H21N5O/c1-20-11-6-7-12(20)9-10(8-11)18-16(22)15-13-4-2-3-5-14(13)21(17)19-15/h2-5,10-12H,6-9,17H2,1H3,(H,18,22). The molecule has 6 nitrogen and oxygen atoms in total. The SMILES string of the molecule is CN1C2CCC1CC(NC(=O)c1nn(N)c3ccccc13)C2. The summed E-state index contributed by atoms with van der Waals surface area (Å²) >= 11 is 0. The topological polar surface area (TPSA) is 76.2 Å². The largest absolute Gasteiger partial charge is 0.348 e. The first-order chi connectivity index (χ1) is 10.6. The van der Waals surface area contributed by atoms with Crippen molar-refractivity contribution < 1.29 is 4.79 Å². The van der Waals surface area contributed by atoms with E-state index in [2.05, 4.69) is 22.4 Å². The Morgan fingerprint density at radius 2 is 1.95 bits per heavy atom. The number of carbonyl (C=O) groups is 1. The molecule has 4 rings (SSSR count). The Bertz CT molecular complexity index is 710. The number of fused-ring (bicyclic) bond motifs is 3. The van der Waals surface area contributed by atoms with Gasteiger partial charge in [-0.3, -0.25) is 4.79 Å². The molecule has 2 bridgehead atoms. The van der Waals surface area contributed by atoms with E-state index in [-0.39, 0.29) is 11.9 Å². The van der Waals surface area contributed by atoms with Crippen molar-refractivity contribution >= 4 is 16.8 Å². The van der Waals surface area contributed by atoms with Crippen molar-refractivity contribution in [3.05, 3.63) is 30.0 Å². The van der Waals surface area contributed by atoms with Crippen LogP contribution in [0.15, 0.2) is 24.3 Å². The van der Waals surface area contributed by atoms with Crippen LogP contribution in [0.4, 0.5) is 0 Å². The third-order valence-corrected chi connectivity index (χ3v) is 5.26. The van der Waals surface area contributed by atoms with Gasteiger partial charge in [-0.15, -0.1) is 5.10 Å². The average Bonchev–Trinajstić information content (AvgIpc) is 2.93. The van der Waals surface area contributed by atoms with Crippen LogP contribution in [0.25, 0.3) is 10.9 Å². The van der Waals surface area contributed by atoms with Crippen molar-refractivity contribution in [2.24, 2.45) is 0 Å². The van der Waals surface area contributed by atoms with Gasteiger partial charge in [0.25, 0.3) is 5.91 Å². The summed E-state index contributed by atoms with van der Waals surface area (Å²) in [5.74, 6) is 5.72. The Kier molecular flexibility index (Phi) is 3.07. The lowest BCUT2D eigenvalue weighted by atomic mass is 9.98. The van der Waals surface area contributed by atoms with Gasteiger partial charge in [-0.25, -0.2) is 0 Å². The number of para-hydroxylation sites is 1. The number of nitrogens with one attached hydrogen (secondary N) is 1. The minimum absolute atomic E-state index is 0.116. The molecule has 2 saturated heterocycles. The first-order valence-corrected chi connectivity index (χ1v) is 7.89. The van der Waals surface area contributed by atoms with Crippen LogP contribution < -0.4 is 11.2 Å². The van der Waals surface area contributed by atoms with Crippen LogP contribution >= 0.6 is 0 Å². The van der Waals surface area contributed by atoms with Gasteiger partial charge >= 0.3 is 0 Å². The summed E-state index contributed by atoms with van der Waals surface area (Å²) in [6.45, 7) is 0. The van der Waals surface area contributed by atoms with Crippen molar-refractivity contribution in [3.8, 4) is 0 Å². The van der Waals surface area contributed by atoms with Gasteiger partial charge in [0.05, 0.1) is 5.52 Å². The maximum atomic E-state index is 12.6. The molecule has 0 aliphatic carbocycles. The second-order valence-electron chi connectivity index (χ2n) is 6.50. The molecule has 2 aliphatic heterocycles. The molecule has 22 heavy (non-hydrogen) atoms. The molecule has 0 saturated carbocycles. The van der Waals surface area contributed by atoms with Crippen molar-refractivity contribution in [1.29, 1.82) is 0 Å². The van der Waals surface area contributed by atoms with Gasteiger partial charge in [-0.2, -0.15) is 4.79 Å². The lowest BCUT2D eigenvalue weighted by Gasteiger charge is -2.36. The maximum Gasteiger partial charge on any atom is 0.272 e. The van der Waals surface area contributed by atoms with E-state index >= 15 is 0 Å². The number of hydrogen-bond acceptors (Lipinski definition) is 4. The smallest absolute Gasteiger partial charge is 0.272 e. The van der Waals surface area contributed by atoms with Gasteiger partial charge in [0.15, 0.2) is 5.69 Å². The summed E-state index contributed by atoms with van der Waals surface area (Å²) in [7, 11) is 2.20. The highest BCUT2D eigenvalue weighted by Crippen LogP contribution is 2.34. The predicted octanol–water partition coefficient (Wildman–Crippen LogP) is 1.11. The third-order valence-electron chi connectivity index (χ3n) is 5.26. The molecule has 6 heteroatoms. The number of carbonyl (C=O) groups excluding carboxylic acids is 1. The molecule has 0 spiro atoms. The zero-order chi connectivity index (χ0) is 15.3. The van der Waals surface area contributed by atoms with Gasteiger partial charge in [0, 0.05) is 23.5 Å². The van der Waals surface area contributed by atoms with Gasteiger partial charge in [-0.05, 0) is 38.8 Å². The summed E-state index contributed by atoms with van der Waals surface area (Å²) in [4.78, 5) is 16.3. The van der Waals surface area contributed by atoms with E-state index < -0.39 is 0 Å². The van der Waals surface area contributed by atoms with Crippen molar-refractivity contribution in [1.82, 2.24) is 20.1 Å². The first-order valence-electron chi connectivity index (χ1n) is 7.89. The number of hydrogen-bond donors (Lipinski definition) is 2. The molecule has 2 atom stereocenters. The van der Waals surface area contributed by atoms with E-state index in [1.807, 2.05) is 24.3 Å². The number of amides is 1. The molecule has 1 aromatic carbocycles. The van der Waals surface area contributed by atoms with Crippen molar-refractivity contribution in [2.75, 3.05) is 12.9 Å². The molecule has 2 aliphatic rings. The summed E-state index contributed by atoms with van der Waals surface area (Å²) in [5.41, 5.74) is 1.19. The van der Waals surface area contributed by atoms with Gasteiger partial charge in [-0.1, -0.05) is 18.2 Å². The van der Waals surface area contributed by atoms with Crippen LogP contribution in [-0.2, 0) is 0 Å². The Morgan fingerprint density at radius 1 is 1.27 bits per heavy atom. The number of nitrogens with two attached hydrogens (primary N) is 1. The highest BCUT2D eigenvalue weighted by atomic mass is 16.2. The monoisotopic (exact) mass is 299 g/mol. The van der Waals surface area contributed by atoms with Gasteiger partial charge in [0.2, 0.25) is 0 Å². The molecular formula is C16H21N5O. The Hall–Kier alpha value is -2.08. The molecule has 3 N–H and O–H groups in total. The number of nitrogen functional groups attached to an aromatic ring is 1. The second kappa shape index (κ2) is 4.98. The van der Waals surface area contributed by atoms with Gasteiger partial charge < -0.3 is 16.1 Å². The predicted molar refractivity (Wildman–Crippen MR) is 84.9 cm³/mol. The lowest BCUT2D eigenvalue weighted by Crippen LogP contribution is -2.48. The molecule has 0 radical (unpaired) electrons. The minimum atomic E-state index is -0.116. The Balaban J connectivity index is 1.55. The third kappa shape index (κ3) is 2.06. The quantitative estimate of drug-likeness (QED) is 0.814. The lowest BCUT2D eigenvalue weighted by molar-refractivity contribution is 0.0878. The number of nitrogens with zero attached hydrogens (tertiary/aromatic N) is 3. The Labute approximate surface area is 129 Å². The van der Waals surface area contributed by atoms with E-state index in [1.54, 1.807) is 0 Å². The highest BCUT2D eigenvalue weighted by Gasteiger charge is 2.39. The number of piperidine rings is 1. The van der Waals surface area contributed by atoms with E-state index in [4.69, 9.17) is 5.84 Å². The number of benzene rings is 1. The van der Waals surface area contributed by atoms with Crippen LogP contribution in [0, 0.1) is 0 Å². The van der Waals surface area contributed by atoms with Crippen LogP contribution in [0.1, 0.15) is 36.2 Å². The second-order valence-corrected chi connectivity index (χ2v) is 6.50. The highest BCUT2D eigenvalue weighted by molar-refractivity contribution is 6.04. The summed E-state index contributed by atoms with van der Waals surface area (Å²) in [5, 5.41) is 8.16. The number of rotatable bonds is 2.